The number of piperidine rings is 1. The summed E-state index contributed by atoms with van der Waals surface area (Å²) in [5.74, 6) is 0.985. The average molecular weight is 598 g/mol. The van der Waals surface area contributed by atoms with Gasteiger partial charge in [-0.1, -0.05) is 46.9 Å². The van der Waals surface area contributed by atoms with Gasteiger partial charge in [-0.2, -0.15) is 5.26 Å². The van der Waals surface area contributed by atoms with Gasteiger partial charge in [0.05, 0.1) is 43.6 Å². The van der Waals surface area contributed by atoms with Gasteiger partial charge in [-0.15, -0.1) is 0 Å². The number of ether oxygens (including phenoxy) is 1. The maximum absolute atomic E-state index is 13.1. The minimum Gasteiger partial charge on any atom is -0.489 e. The van der Waals surface area contributed by atoms with Crippen LogP contribution in [-0.4, -0.2) is 35.6 Å². The van der Waals surface area contributed by atoms with E-state index in [0.717, 1.165) is 12.8 Å². The third kappa shape index (κ3) is 5.91. The van der Waals surface area contributed by atoms with Crippen LogP contribution in [0.4, 0.5) is 5.82 Å². The van der Waals surface area contributed by atoms with Crippen molar-refractivity contribution in [1.82, 2.24) is 4.98 Å². The molecule has 0 unspecified atom stereocenters. The summed E-state index contributed by atoms with van der Waals surface area (Å²) >= 11 is 19.4. The number of hydrogen-bond acceptors (Lipinski definition) is 7. The second-order valence-electron chi connectivity index (χ2n) is 10.1. The molecule has 1 aliphatic carbocycles. The van der Waals surface area contributed by atoms with Crippen LogP contribution in [0.1, 0.15) is 42.4 Å². The third-order valence-electron chi connectivity index (χ3n) is 7.42. The fraction of sp³-hybridized carbons (Fsp3) is 0.300. The number of carbonyl (C=O) groups is 1. The first-order valence-corrected chi connectivity index (χ1v) is 14.1. The summed E-state index contributed by atoms with van der Waals surface area (Å²) in [5, 5.41) is 21.7. The predicted molar refractivity (Wildman–Crippen MR) is 157 cm³/mol. The number of ketones is 1. The molecule has 0 bridgehead atoms. The number of nitrogens with zero attached hydrogens (tertiary/aromatic N) is 3. The van der Waals surface area contributed by atoms with Crippen LogP contribution < -0.4 is 15.4 Å². The van der Waals surface area contributed by atoms with E-state index in [4.69, 9.17) is 45.3 Å². The third-order valence-corrected chi connectivity index (χ3v) is 8.36. The van der Waals surface area contributed by atoms with E-state index < -0.39 is 5.60 Å². The molecular formula is C30H27Cl3N4O3. The molecule has 0 amide bonds. The van der Waals surface area contributed by atoms with Crippen LogP contribution in [-0.2, 0) is 10.4 Å². The number of Topliss-reactive ketones (excluding diaryl/α,β-unsaturated/α-hetero) is 1. The molecule has 3 N–H and O–H groups in total. The number of aliphatic hydroxyl groups is 1. The van der Waals surface area contributed by atoms with Gasteiger partial charge >= 0.3 is 0 Å². The average Bonchev–Trinajstić information content (AvgIpc) is 3.79. The number of halogens is 3. The Morgan fingerprint density at radius 1 is 1.10 bits per heavy atom. The summed E-state index contributed by atoms with van der Waals surface area (Å²) in [7, 11) is 0. The minimum atomic E-state index is -1.13. The molecular weight excluding hydrogens is 571 g/mol. The number of hydrogen-bond donors (Lipinski definition) is 2. The molecule has 2 heterocycles. The van der Waals surface area contributed by atoms with Gasteiger partial charge in [0.25, 0.3) is 0 Å². The highest BCUT2D eigenvalue weighted by Crippen LogP contribution is 2.40. The Balaban J connectivity index is 1.31. The van der Waals surface area contributed by atoms with Gasteiger partial charge in [0.15, 0.2) is 5.78 Å². The van der Waals surface area contributed by atoms with Crippen molar-refractivity contribution < 1.29 is 14.6 Å². The molecule has 1 aromatic heterocycles. The summed E-state index contributed by atoms with van der Waals surface area (Å²) in [5.41, 5.74) is 7.38. The van der Waals surface area contributed by atoms with Crippen molar-refractivity contribution in [2.24, 2.45) is 11.7 Å². The largest absolute Gasteiger partial charge is 0.489 e. The number of pyridine rings is 1. The van der Waals surface area contributed by atoms with Crippen LogP contribution in [0.2, 0.25) is 15.1 Å². The molecule has 7 nitrogen and oxygen atoms in total. The summed E-state index contributed by atoms with van der Waals surface area (Å²) in [6.07, 6.45) is 4.09. The first-order valence-electron chi connectivity index (χ1n) is 12.9. The zero-order chi connectivity index (χ0) is 28.4. The summed E-state index contributed by atoms with van der Waals surface area (Å²) in [4.78, 5) is 19.5. The summed E-state index contributed by atoms with van der Waals surface area (Å²) in [6, 6.07) is 15.7. The highest BCUT2D eigenvalue weighted by atomic mass is 35.5. The van der Waals surface area contributed by atoms with E-state index in [0.29, 0.717) is 74.8 Å². The molecule has 2 aromatic carbocycles. The topological polar surface area (TPSA) is 112 Å². The van der Waals surface area contributed by atoms with Crippen molar-refractivity contribution in [3.05, 3.63) is 92.1 Å². The van der Waals surface area contributed by atoms with Gasteiger partial charge in [0.2, 0.25) is 0 Å². The Morgan fingerprint density at radius 2 is 1.80 bits per heavy atom. The van der Waals surface area contributed by atoms with Gasteiger partial charge < -0.3 is 20.5 Å². The normalized spacial score (nSPS) is 17.1. The molecule has 1 aliphatic heterocycles. The lowest BCUT2D eigenvalue weighted by atomic mass is 9.84. The molecule has 0 radical (unpaired) electrons. The van der Waals surface area contributed by atoms with Crippen molar-refractivity contribution in [2.75, 3.05) is 24.6 Å². The fourth-order valence-corrected chi connectivity index (χ4v) is 5.88. The first-order chi connectivity index (χ1) is 19.2. The SMILES string of the molecule is N#Cc1ccnc(N2CCC(O)(c3ccc(OCC(C(=O)C4CC4)=C(N)c4c(Cl)cccc4Cl)cc3Cl)CC2)c1. The van der Waals surface area contributed by atoms with E-state index in [2.05, 4.69) is 11.1 Å². The van der Waals surface area contributed by atoms with E-state index in [1.54, 1.807) is 54.7 Å². The highest BCUT2D eigenvalue weighted by Gasteiger charge is 2.37. The van der Waals surface area contributed by atoms with Crippen LogP contribution >= 0.6 is 34.8 Å². The van der Waals surface area contributed by atoms with Gasteiger partial charge in [-0.25, -0.2) is 4.98 Å². The predicted octanol–water partition coefficient (Wildman–Crippen LogP) is 6.13. The maximum atomic E-state index is 13.1. The molecule has 40 heavy (non-hydrogen) atoms. The van der Waals surface area contributed by atoms with Gasteiger partial charge in [-0.3, -0.25) is 4.79 Å². The van der Waals surface area contributed by atoms with Crippen LogP contribution in [0, 0.1) is 17.2 Å². The van der Waals surface area contributed by atoms with Gasteiger partial charge in [0.1, 0.15) is 18.2 Å². The van der Waals surface area contributed by atoms with E-state index in [9.17, 15) is 15.2 Å². The Hall–Kier alpha value is -3.28. The molecule has 10 heteroatoms. The Morgan fingerprint density at radius 3 is 2.42 bits per heavy atom. The van der Waals surface area contributed by atoms with Crippen LogP contribution in [0.15, 0.2) is 60.3 Å². The molecule has 5 rings (SSSR count). The van der Waals surface area contributed by atoms with E-state index in [1.165, 1.54) is 0 Å². The van der Waals surface area contributed by atoms with Crippen LogP contribution in [0.5, 0.6) is 5.75 Å². The van der Waals surface area contributed by atoms with E-state index in [1.807, 2.05) is 4.90 Å². The molecule has 1 saturated carbocycles. The summed E-state index contributed by atoms with van der Waals surface area (Å²) in [6.45, 7) is 1.02. The molecule has 3 aromatic rings. The maximum Gasteiger partial charge on any atom is 0.167 e. The van der Waals surface area contributed by atoms with Crippen molar-refractivity contribution in [2.45, 2.75) is 31.3 Å². The molecule has 2 fully saturated rings. The number of carbonyl (C=O) groups excluding carboxylic acids is 1. The number of aromatic nitrogens is 1. The van der Waals surface area contributed by atoms with Crippen molar-refractivity contribution in [3.63, 3.8) is 0 Å². The van der Waals surface area contributed by atoms with Crippen molar-refractivity contribution in [1.29, 1.82) is 5.26 Å². The minimum absolute atomic E-state index is 0.0768. The highest BCUT2D eigenvalue weighted by molar-refractivity contribution is 6.37. The Kier molecular flexibility index (Phi) is 8.25. The second kappa shape index (κ2) is 11.7. The number of nitrogens with two attached hydrogens (primary N) is 1. The monoisotopic (exact) mass is 596 g/mol. The van der Waals surface area contributed by atoms with E-state index in [-0.39, 0.29) is 24.0 Å². The molecule has 2 aliphatic rings. The van der Waals surface area contributed by atoms with Crippen LogP contribution in [0.3, 0.4) is 0 Å². The second-order valence-corrected chi connectivity index (χ2v) is 11.3. The lowest BCUT2D eigenvalue weighted by molar-refractivity contribution is -0.116. The summed E-state index contributed by atoms with van der Waals surface area (Å²) < 4.78 is 5.99. The van der Waals surface area contributed by atoms with Crippen LogP contribution in [0.25, 0.3) is 5.70 Å². The first kappa shape index (κ1) is 28.3. The number of nitriles is 1. The molecule has 206 valence electrons. The number of anilines is 1. The lowest BCUT2D eigenvalue weighted by Crippen LogP contribution is -2.43. The molecule has 1 saturated heterocycles. The Bertz CT molecular complexity index is 1500. The Labute approximate surface area is 247 Å². The quantitative estimate of drug-likeness (QED) is 0.300. The van der Waals surface area contributed by atoms with E-state index >= 15 is 0 Å². The standard InChI is InChI=1S/C30H27Cl3N4O3/c31-23-2-1-3-24(32)27(23)28(35)21(29(38)19-4-5-19)17-40-20-6-7-22(25(33)15-20)30(39)9-12-37(13-10-30)26-14-18(16-34)8-11-36-26/h1-3,6-8,11,14-15,19,39H,4-5,9-10,12-13,17,35H2. The smallest absolute Gasteiger partial charge is 0.167 e. The van der Waals surface area contributed by atoms with Gasteiger partial charge in [0, 0.05) is 36.3 Å². The molecule has 0 spiro atoms. The fourth-order valence-electron chi connectivity index (χ4n) is 4.93. The number of benzene rings is 2. The molecule has 0 atom stereocenters. The van der Waals surface area contributed by atoms with Crippen molar-refractivity contribution >= 4 is 52.1 Å². The zero-order valence-corrected chi connectivity index (χ0v) is 23.8. The van der Waals surface area contributed by atoms with Crippen molar-refractivity contribution in [3.8, 4) is 11.8 Å². The zero-order valence-electron chi connectivity index (χ0n) is 21.5. The number of rotatable bonds is 8. The van der Waals surface area contributed by atoms with Gasteiger partial charge in [-0.05, 0) is 62.1 Å². The lowest BCUT2D eigenvalue weighted by Gasteiger charge is -2.39.